The van der Waals surface area contributed by atoms with Crippen LogP contribution in [-0.2, 0) is 16.0 Å². The van der Waals surface area contributed by atoms with Gasteiger partial charge < -0.3 is 24.1 Å². The Balaban J connectivity index is 2.06. The van der Waals surface area contributed by atoms with Crippen LogP contribution in [0, 0.1) is 5.82 Å². The molecular weight excluding hydrogens is 357 g/mol. The molecular formula is C18H22FN3O5. The Bertz CT molecular complexity index is 765. The maximum Gasteiger partial charge on any atom is 0.360 e. The standard InChI is InChI=1S/C18H22FN3O5/c1-3-26-9-5-8-22(11-16-21-15(12-27-16)17(23)25-2)18(24)20-14-7-4-6-13(19)10-14/h4,6-7,10,12H,3,5,8-9,11H2,1-2H3,(H,20,24). The summed E-state index contributed by atoms with van der Waals surface area (Å²) in [4.78, 5) is 29.5. The van der Waals surface area contributed by atoms with E-state index >= 15 is 0 Å². The molecule has 146 valence electrons. The molecule has 27 heavy (non-hydrogen) atoms. The highest BCUT2D eigenvalue weighted by molar-refractivity contribution is 5.89. The van der Waals surface area contributed by atoms with Gasteiger partial charge in [0.25, 0.3) is 0 Å². The Morgan fingerprint density at radius 3 is 2.89 bits per heavy atom. The van der Waals surface area contributed by atoms with Gasteiger partial charge in [0.1, 0.15) is 12.1 Å². The summed E-state index contributed by atoms with van der Waals surface area (Å²) in [6.07, 6.45) is 1.76. The van der Waals surface area contributed by atoms with Crippen LogP contribution in [0.25, 0.3) is 0 Å². The van der Waals surface area contributed by atoms with E-state index in [9.17, 15) is 14.0 Å². The number of esters is 1. The molecule has 0 unspecified atom stereocenters. The number of carbonyl (C=O) groups is 2. The highest BCUT2D eigenvalue weighted by Crippen LogP contribution is 2.13. The minimum Gasteiger partial charge on any atom is -0.464 e. The normalized spacial score (nSPS) is 10.5. The number of nitrogens with zero attached hydrogens (tertiary/aromatic N) is 2. The number of anilines is 1. The van der Waals surface area contributed by atoms with Gasteiger partial charge in [-0.1, -0.05) is 6.07 Å². The van der Waals surface area contributed by atoms with E-state index in [4.69, 9.17) is 9.15 Å². The Morgan fingerprint density at radius 2 is 2.19 bits per heavy atom. The maximum atomic E-state index is 13.3. The fraction of sp³-hybridized carbons (Fsp3) is 0.389. The predicted octanol–water partition coefficient (Wildman–Crippen LogP) is 3.06. The number of halogens is 1. The van der Waals surface area contributed by atoms with Crippen LogP contribution < -0.4 is 5.32 Å². The molecule has 0 fully saturated rings. The summed E-state index contributed by atoms with van der Waals surface area (Å²) in [6, 6.07) is 5.14. The van der Waals surface area contributed by atoms with Crippen LogP contribution in [0.5, 0.6) is 0 Å². The largest absolute Gasteiger partial charge is 0.464 e. The smallest absolute Gasteiger partial charge is 0.360 e. The number of amides is 2. The zero-order valence-electron chi connectivity index (χ0n) is 15.2. The molecule has 2 rings (SSSR count). The van der Waals surface area contributed by atoms with E-state index in [1.165, 1.54) is 36.5 Å². The first-order chi connectivity index (χ1) is 13.0. The molecule has 0 atom stereocenters. The average Bonchev–Trinajstić information content (AvgIpc) is 3.12. The number of ether oxygens (including phenoxy) is 2. The summed E-state index contributed by atoms with van der Waals surface area (Å²) in [6.45, 7) is 3.34. The van der Waals surface area contributed by atoms with Crippen molar-refractivity contribution in [3.63, 3.8) is 0 Å². The van der Waals surface area contributed by atoms with E-state index in [2.05, 4.69) is 15.0 Å². The quantitative estimate of drug-likeness (QED) is 0.532. The molecule has 0 aliphatic carbocycles. The second-order valence-electron chi connectivity index (χ2n) is 5.53. The Kier molecular flexibility index (Phi) is 7.75. The molecule has 1 aromatic heterocycles. The van der Waals surface area contributed by atoms with Crippen molar-refractivity contribution in [2.75, 3.05) is 32.2 Å². The van der Waals surface area contributed by atoms with Crippen LogP contribution >= 0.6 is 0 Å². The summed E-state index contributed by atoms with van der Waals surface area (Å²) in [5.74, 6) is -0.899. The van der Waals surface area contributed by atoms with E-state index in [1.807, 2.05) is 6.92 Å². The van der Waals surface area contributed by atoms with Crippen molar-refractivity contribution < 1.29 is 27.9 Å². The monoisotopic (exact) mass is 379 g/mol. The lowest BCUT2D eigenvalue weighted by molar-refractivity contribution is 0.0594. The number of nitrogens with one attached hydrogen (secondary N) is 1. The summed E-state index contributed by atoms with van der Waals surface area (Å²) < 4.78 is 28.4. The van der Waals surface area contributed by atoms with Crippen LogP contribution in [0.4, 0.5) is 14.9 Å². The molecule has 0 bridgehead atoms. The van der Waals surface area contributed by atoms with Gasteiger partial charge in [0.2, 0.25) is 5.89 Å². The first kappa shape index (κ1) is 20.4. The fourth-order valence-corrected chi connectivity index (χ4v) is 2.27. The van der Waals surface area contributed by atoms with Crippen LogP contribution in [0.3, 0.4) is 0 Å². The van der Waals surface area contributed by atoms with E-state index in [0.29, 0.717) is 31.9 Å². The third-order valence-electron chi connectivity index (χ3n) is 3.56. The number of rotatable bonds is 9. The van der Waals surface area contributed by atoms with Gasteiger partial charge in [-0.25, -0.2) is 19.0 Å². The SMILES string of the molecule is CCOCCCN(Cc1nc(C(=O)OC)co1)C(=O)Nc1cccc(F)c1. The van der Waals surface area contributed by atoms with E-state index in [0.717, 1.165) is 0 Å². The summed E-state index contributed by atoms with van der Waals surface area (Å²) in [7, 11) is 1.24. The molecule has 0 aliphatic rings. The molecule has 0 radical (unpaired) electrons. The van der Waals surface area contributed by atoms with Crippen molar-refractivity contribution in [1.29, 1.82) is 0 Å². The third kappa shape index (κ3) is 6.37. The number of oxazole rings is 1. The number of hydrogen-bond donors (Lipinski definition) is 1. The van der Waals surface area contributed by atoms with Crippen molar-refractivity contribution in [2.45, 2.75) is 19.9 Å². The molecule has 2 aromatic rings. The number of carbonyl (C=O) groups excluding carboxylic acids is 2. The number of hydrogen-bond acceptors (Lipinski definition) is 6. The molecule has 0 saturated carbocycles. The molecule has 0 saturated heterocycles. The number of urea groups is 1. The van der Waals surface area contributed by atoms with Gasteiger partial charge in [-0.15, -0.1) is 0 Å². The van der Waals surface area contributed by atoms with Crippen molar-refractivity contribution >= 4 is 17.7 Å². The first-order valence-electron chi connectivity index (χ1n) is 8.45. The first-order valence-corrected chi connectivity index (χ1v) is 8.45. The minimum absolute atomic E-state index is 0.0207. The third-order valence-corrected chi connectivity index (χ3v) is 3.56. The highest BCUT2D eigenvalue weighted by Gasteiger charge is 2.19. The van der Waals surface area contributed by atoms with Gasteiger partial charge in [-0.2, -0.15) is 0 Å². The number of methoxy groups -OCH3 is 1. The van der Waals surface area contributed by atoms with Gasteiger partial charge in [-0.05, 0) is 31.5 Å². The highest BCUT2D eigenvalue weighted by atomic mass is 19.1. The molecule has 1 aromatic carbocycles. The van der Waals surface area contributed by atoms with Crippen LogP contribution in [0.2, 0.25) is 0 Å². The maximum absolute atomic E-state index is 13.3. The van der Waals surface area contributed by atoms with Crippen molar-refractivity contribution in [3.05, 3.63) is 47.9 Å². The molecule has 8 nitrogen and oxygen atoms in total. The molecule has 1 heterocycles. The summed E-state index contributed by atoms with van der Waals surface area (Å²) in [5.41, 5.74) is 0.352. The molecule has 9 heteroatoms. The molecule has 0 spiro atoms. The Morgan fingerprint density at radius 1 is 1.37 bits per heavy atom. The van der Waals surface area contributed by atoms with E-state index in [-0.39, 0.29) is 18.1 Å². The molecule has 1 N–H and O–H groups in total. The topological polar surface area (TPSA) is 93.9 Å². The second-order valence-corrected chi connectivity index (χ2v) is 5.53. The predicted molar refractivity (Wildman–Crippen MR) is 94.8 cm³/mol. The zero-order chi connectivity index (χ0) is 19.6. The number of aromatic nitrogens is 1. The zero-order valence-corrected chi connectivity index (χ0v) is 15.2. The summed E-state index contributed by atoms with van der Waals surface area (Å²) >= 11 is 0. The fourth-order valence-electron chi connectivity index (χ4n) is 2.27. The molecule has 2 amide bonds. The van der Waals surface area contributed by atoms with E-state index in [1.54, 1.807) is 6.07 Å². The Hall–Kier alpha value is -2.94. The van der Waals surface area contributed by atoms with Gasteiger partial charge in [-0.3, -0.25) is 0 Å². The lowest BCUT2D eigenvalue weighted by atomic mass is 10.3. The number of benzene rings is 1. The van der Waals surface area contributed by atoms with Crippen LogP contribution in [0.15, 0.2) is 34.9 Å². The van der Waals surface area contributed by atoms with Crippen molar-refractivity contribution in [3.8, 4) is 0 Å². The van der Waals surface area contributed by atoms with Crippen molar-refractivity contribution in [2.24, 2.45) is 0 Å². The van der Waals surface area contributed by atoms with Gasteiger partial charge >= 0.3 is 12.0 Å². The van der Waals surface area contributed by atoms with E-state index < -0.39 is 17.8 Å². The lowest BCUT2D eigenvalue weighted by Crippen LogP contribution is -2.36. The second kappa shape index (κ2) is 10.3. The van der Waals surface area contributed by atoms with Gasteiger partial charge in [0, 0.05) is 25.4 Å². The molecule has 0 aliphatic heterocycles. The lowest BCUT2D eigenvalue weighted by Gasteiger charge is -2.21. The van der Waals surface area contributed by atoms with Gasteiger partial charge in [0.15, 0.2) is 5.69 Å². The summed E-state index contributed by atoms with van der Waals surface area (Å²) in [5, 5.41) is 2.63. The minimum atomic E-state index is -0.628. The van der Waals surface area contributed by atoms with Gasteiger partial charge in [0.05, 0.1) is 13.7 Å². The average molecular weight is 379 g/mol. The van der Waals surface area contributed by atoms with Crippen LogP contribution in [-0.4, -0.2) is 48.8 Å². The van der Waals surface area contributed by atoms with Crippen molar-refractivity contribution in [1.82, 2.24) is 9.88 Å². The van der Waals surface area contributed by atoms with Crippen LogP contribution in [0.1, 0.15) is 29.7 Å². The Labute approximate surface area is 156 Å².